The van der Waals surface area contributed by atoms with Gasteiger partial charge in [-0.1, -0.05) is 23.7 Å². The van der Waals surface area contributed by atoms with E-state index in [0.717, 1.165) is 11.1 Å². The zero-order valence-corrected chi connectivity index (χ0v) is 12.8. The average molecular weight is 291 g/mol. The fraction of sp³-hybridized carbons (Fsp3) is 0.312. The van der Waals surface area contributed by atoms with Crippen molar-refractivity contribution in [3.05, 3.63) is 57.9 Å². The van der Waals surface area contributed by atoms with Crippen LogP contribution < -0.4 is 5.32 Å². The smallest absolute Gasteiger partial charge is 0.224 e. The third kappa shape index (κ3) is 3.42. The van der Waals surface area contributed by atoms with Crippen LogP contribution in [0.5, 0.6) is 0 Å². The van der Waals surface area contributed by atoms with E-state index in [4.69, 9.17) is 11.6 Å². The molecule has 20 heavy (non-hydrogen) atoms. The van der Waals surface area contributed by atoms with E-state index in [-0.39, 0.29) is 5.91 Å². The molecule has 1 amide bonds. The van der Waals surface area contributed by atoms with Crippen molar-refractivity contribution in [2.45, 2.75) is 26.8 Å². The summed E-state index contributed by atoms with van der Waals surface area (Å²) in [6.45, 7) is 4.69. The summed E-state index contributed by atoms with van der Waals surface area (Å²) < 4.78 is 2.13. The molecule has 0 aliphatic heterocycles. The molecular weight excluding hydrogens is 272 g/mol. The van der Waals surface area contributed by atoms with Crippen molar-refractivity contribution in [1.29, 1.82) is 0 Å². The second kappa shape index (κ2) is 6.14. The Kier molecular flexibility index (Phi) is 4.50. The monoisotopic (exact) mass is 290 g/mol. The van der Waals surface area contributed by atoms with E-state index in [0.29, 0.717) is 18.0 Å². The predicted octanol–water partition coefficient (Wildman–Crippen LogP) is 3.15. The van der Waals surface area contributed by atoms with Gasteiger partial charge >= 0.3 is 0 Å². The van der Waals surface area contributed by atoms with Crippen LogP contribution in [0.4, 0.5) is 0 Å². The molecule has 0 bridgehead atoms. The summed E-state index contributed by atoms with van der Waals surface area (Å²) in [6, 6.07) is 9.46. The third-order valence-electron chi connectivity index (χ3n) is 3.63. The minimum absolute atomic E-state index is 0.0215. The van der Waals surface area contributed by atoms with Gasteiger partial charge in [-0.15, -0.1) is 0 Å². The van der Waals surface area contributed by atoms with Gasteiger partial charge in [-0.05, 0) is 43.2 Å². The summed E-state index contributed by atoms with van der Waals surface area (Å²) in [5, 5.41) is 3.64. The predicted molar refractivity (Wildman–Crippen MR) is 81.9 cm³/mol. The van der Waals surface area contributed by atoms with E-state index in [1.807, 2.05) is 19.2 Å². The molecule has 0 fully saturated rings. The minimum atomic E-state index is 0.0215. The highest BCUT2D eigenvalue weighted by Gasteiger charge is 2.08. The van der Waals surface area contributed by atoms with Gasteiger partial charge in [0.05, 0.1) is 6.42 Å². The van der Waals surface area contributed by atoms with Crippen molar-refractivity contribution in [2.24, 2.45) is 7.05 Å². The number of aromatic nitrogens is 1. The van der Waals surface area contributed by atoms with Crippen LogP contribution in [-0.2, 0) is 24.8 Å². The summed E-state index contributed by atoms with van der Waals surface area (Å²) in [5.74, 6) is 0.0215. The molecule has 0 spiro atoms. The largest absolute Gasteiger partial charge is 0.352 e. The fourth-order valence-electron chi connectivity index (χ4n) is 2.16. The Balaban J connectivity index is 1.92. The number of rotatable bonds is 4. The average Bonchev–Trinajstić information content (AvgIpc) is 2.66. The topological polar surface area (TPSA) is 34.0 Å². The molecule has 1 aromatic carbocycles. The van der Waals surface area contributed by atoms with Crippen molar-refractivity contribution < 1.29 is 4.79 Å². The quantitative estimate of drug-likeness (QED) is 0.922. The van der Waals surface area contributed by atoms with Crippen LogP contribution in [0, 0.1) is 13.8 Å². The van der Waals surface area contributed by atoms with Crippen LogP contribution in [-0.4, -0.2) is 10.5 Å². The lowest BCUT2D eigenvalue weighted by molar-refractivity contribution is -0.120. The first-order valence-electron chi connectivity index (χ1n) is 6.60. The standard InChI is InChI=1S/C16H19ClN2O/c1-11-8-14(12(2)19(11)3)10-18-16(20)9-13-4-6-15(17)7-5-13/h4-8H,9-10H2,1-3H3,(H,18,20). The Bertz CT molecular complexity index is 614. The number of hydrogen-bond acceptors (Lipinski definition) is 1. The first kappa shape index (κ1) is 14.7. The summed E-state index contributed by atoms with van der Waals surface area (Å²) >= 11 is 5.82. The van der Waals surface area contributed by atoms with E-state index >= 15 is 0 Å². The zero-order chi connectivity index (χ0) is 14.7. The number of carbonyl (C=O) groups excluding carboxylic acids is 1. The molecule has 0 atom stereocenters. The number of carbonyl (C=O) groups is 1. The first-order valence-corrected chi connectivity index (χ1v) is 6.98. The van der Waals surface area contributed by atoms with Crippen molar-refractivity contribution in [3.8, 4) is 0 Å². The molecule has 0 aliphatic rings. The SMILES string of the molecule is Cc1cc(CNC(=O)Cc2ccc(Cl)cc2)c(C)n1C. The second-order valence-corrected chi connectivity index (χ2v) is 5.47. The van der Waals surface area contributed by atoms with Gasteiger partial charge in [0.2, 0.25) is 5.91 Å². The van der Waals surface area contributed by atoms with Crippen LogP contribution >= 0.6 is 11.6 Å². The molecule has 0 saturated carbocycles. The summed E-state index contributed by atoms with van der Waals surface area (Å²) in [4.78, 5) is 11.9. The van der Waals surface area contributed by atoms with Gasteiger partial charge in [0.25, 0.3) is 0 Å². The molecular formula is C16H19ClN2O. The Morgan fingerprint density at radius 1 is 1.25 bits per heavy atom. The van der Waals surface area contributed by atoms with Gasteiger partial charge in [-0.3, -0.25) is 4.79 Å². The number of benzene rings is 1. The van der Waals surface area contributed by atoms with Gasteiger partial charge in [-0.2, -0.15) is 0 Å². The second-order valence-electron chi connectivity index (χ2n) is 5.04. The van der Waals surface area contributed by atoms with Gasteiger partial charge in [0.15, 0.2) is 0 Å². The van der Waals surface area contributed by atoms with Crippen LogP contribution in [0.15, 0.2) is 30.3 Å². The third-order valence-corrected chi connectivity index (χ3v) is 3.89. The Morgan fingerprint density at radius 3 is 2.45 bits per heavy atom. The molecule has 4 heteroatoms. The number of aryl methyl sites for hydroxylation is 1. The Morgan fingerprint density at radius 2 is 1.90 bits per heavy atom. The summed E-state index contributed by atoms with van der Waals surface area (Å²) in [7, 11) is 2.03. The lowest BCUT2D eigenvalue weighted by Crippen LogP contribution is -2.24. The number of halogens is 1. The lowest BCUT2D eigenvalue weighted by Gasteiger charge is -2.06. The molecule has 1 aromatic heterocycles. The number of amides is 1. The normalized spacial score (nSPS) is 10.6. The Hall–Kier alpha value is -1.74. The first-order chi connectivity index (χ1) is 9.47. The van der Waals surface area contributed by atoms with E-state index in [2.05, 4.69) is 29.8 Å². The van der Waals surface area contributed by atoms with Crippen LogP contribution in [0.2, 0.25) is 5.02 Å². The molecule has 0 radical (unpaired) electrons. The van der Waals surface area contributed by atoms with Crippen molar-refractivity contribution in [3.63, 3.8) is 0 Å². The zero-order valence-electron chi connectivity index (χ0n) is 12.0. The molecule has 0 saturated heterocycles. The van der Waals surface area contributed by atoms with Gasteiger partial charge in [0, 0.05) is 30.0 Å². The number of nitrogens with zero attached hydrogens (tertiary/aromatic N) is 1. The van der Waals surface area contributed by atoms with E-state index < -0.39 is 0 Å². The molecule has 106 valence electrons. The van der Waals surface area contributed by atoms with E-state index in [1.165, 1.54) is 11.4 Å². The Labute approximate surface area is 124 Å². The number of hydrogen-bond donors (Lipinski definition) is 1. The highest BCUT2D eigenvalue weighted by Crippen LogP contribution is 2.13. The molecule has 3 nitrogen and oxygen atoms in total. The van der Waals surface area contributed by atoms with Crippen molar-refractivity contribution in [2.75, 3.05) is 0 Å². The molecule has 0 unspecified atom stereocenters. The fourth-order valence-corrected chi connectivity index (χ4v) is 2.28. The van der Waals surface area contributed by atoms with Crippen LogP contribution in [0.1, 0.15) is 22.5 Å². The van der Waals surface area contributed by atoms with Gasteiger partial charge < -0.3 is 9.88 Å². The maximum Gasteiger partial charge on any atom is 0.224 e. The maximum atomic E-state index is 11.9. The maximum absolute atomic E-state index is 11.9. The van der Waals surface area contributed by atoms with Crippen molar-refractivity contribution >= 4 is 17.5 Å². The van der Waals surface area contributed by atoms with Crippen LogP contribution in [0.25, 0.3) is 0 Å². The molecule has 2 rings (SSSR count). The highest BCUT2D eigenvalue weighted by atomic mass is 35.5. The number of nitrogens with one attached hydrogen (secondary N) is 1. The molecule has 1 heterocycles. The summed E-state index contributed by atoms with van der Waals surface area (Å²) in [6.07, 6.45) is 0.377. The van der Waals surface area contributed by atoms with Crippen molar-refractivity contribution in [1.82, 2.24) is 9.88 Å². The molecule has 2 aromatic rings. The van der Waals surface area contributed by atoms with E-state index in [1.54, 1.807) is 12.1 Å². The molecule has 0 aliphatic carbocycles. The van der Waals surface area contributed by atoms with Gasteiger partial charge in [0.1, 0.15) is 0 Å². The summed E-state index contributed by atoms with van der Waals surface area (Å²) in [5.41, 5.74) is 4.51. The van der Waals surface area contributed by atoms with E-state index in [9.17, 15) is 4.79 Å². The molecule has 1 N–H and O–H groups in total. The minimum Gasteiger partial charge on any atom is -0.352 e. The van der Waals surface area contributed by atoms with Crippen LogP contribution in [0.3, 0.4) is 0 Å². The van der Waals surface area contributed by atoms with Gasteiger partial charge in [-0.25, -0.2) is 0 Å². The lowest BCUT2D eigenvalue weighted by atomic mass is 10.1. The highest BCUT2D eigenvalue weighted by molar-refractivity contribution is 6.30.